The first-order valence-corrected chi connectivity index (χ1v) is 8.36. The molecule has 3 fully saturated rings. The number of carbonyl (C=O) groups excluding carboxylic acids is 3. The maximum Gasteiger partial charge on any atom is 0.332 e. The van der Waals surface area contributed by atoms with E-state index >= 15 is 0 Å². The molecule has 2 saturated heterocycles. The van der Waals surface area contributed by atoms with Gasteiger partial charge in [-0.2, -0.15) is 0 Å². The maximum absolute atomic E-state index is 14.7. The third-order valence-corrected chi connectivity index (χ3v) is 5.52. The molecule has 0 N–H and O–H groups in total. The van der Waals surface area contributed by atoms with E-state index in [0.717, 1.165) is 17.4 Å². The molecule has 4 aliphatic rings. The van der Waals surface area contributed by atoms with Crippen molar-refractivity contribution < 1.29 is 23.5 Å². The predicted octanol–water partition coefficient (Wildman–Crippen LogP) is 0.971. The van der Waals surface area contributed by atoms with Gasteiger partial charge in [0.1, 0.15) is 11.8 Å². The Morgan fingerprint density at radius 1 is 1.27 bits per heavy atom. The summed E-state index contributed by atoms with van der Waals surface area (Å²) in [6, 6.07) is 1.37. The number of rotatable bonds is 2. The molecule has 1 aliphatic carbocycles. The molecule has 132 valence electrons. The smallest absolute Gasteiger partial charge is 0.332 e. The summed E-state index contributed by atoms with van der Waals surface area (Å²) in [7, 11) is 0. The van der Waals surface area contributed by atoms with Crippen LogP contribution in [-0.4, -0.2) is 48.5 Å². The third-order valence-electron chi connectivity index (χ3n) is 5.52. The van der Waals surface area contributed by atoms with Gasteiger partial charge in [-0.05, 0) is 24.3 Å². The topological polar surface area (TPSA) is 70.2 Å². The Labute approximate surface area is 148 Å². The number of hydrogen-bond donors (Lipinski definition) is 0. The van der Waals surface area contributed by atoms with Crippen molar-refractivity contribution in [2.45, 2.75) is 12.5 Å². The number of benzene rings is 1. The monoisotopic (exact) mass is 355 g/mol. The molecule has 1 saturated carbocycles. The van der Waals surface area contributed by atoms with Crippen LogP contribution in [0.1, 0.15) is 6.42 Å². The summed E-state index contributed by atoms with van der Waals surface area (Å²) < 4.78 is 19.9. The Balaban J connectivity index is 1.58. The van der Waals surface area contributed by atoms with Crippen LogP contribution in [0.5, 0.6) is 5.75 Å². The standard InChI is InChI=1S/C18H14FN3O4/c1-2-3-20-13-6-12(11(19)5-14(13)26-8-15(20)23)22-17(24)16-10-4-9(10)7-21(16)18(22)25/h1,5-6,9-10,16H,3-4,7-8H2. The number of terminal acetylenes is 1. The van der Waals surface area contributed by atoms with Crippen molar-refractivity contribution in [2.75, 3.05) is 29.5 Å². The first-order valence-electron chi connectivity index (χ1n) is 8.36. The van der Waals surface area contributed by atoms with Gasteiger partial charge in [0.25, 0.3) is 11.8 Å². The van der Waals surface area contributed by atoms with E-state index < -0.39 is 23.8 Å². The van der Waals surface area contributed by atoms with E-state index in [1.54, 1.807) is 0 Å². The van der Waals surface area contributed by atoms with Crippen molar-refractivity contribution in [3.63, 3.8) is 0 Å². The van der Waals surface area contributed by atoms with Gasteiger partial charge in [-0.3, -0.25) is 14.5 Å². The van der Waals surface area contributed by atoms with Crippen molar-refractivity contribution in [3.8, 4) is 18.1 Å². The van der Waals surface area contributed by atoms with Gasteiger partial charge in [-0.15, -0.1) is 6.42 Å². The molecular weight excluding hydrogens is 341 g/mol. The first kappa shape index (κ1) is 15.2. The number of carbonyl (C=O) groups is 3. The van der Waals surface area contributed by atoms with E-state index in [9.17, 15) is 18.8 Å². The van der Waals surface area contributed by atoms with Crippen molar-refractivity contribution in [1.82, 2.24) is 4.90 Å². The largest absolute Gasteiger partial charge is 0.481 e. The summed E-state index contributed by atoms with van der Waals surface area (Å²) in [5.74, 6) is 1.56. The summed E-state index contributed by atoms with van der Waals surface area (Å²) in [5, 5.41) is 0. The molecule has 1 aromatic carbocycles. The average molecular weight is 355 g/mol. The molecule has 5 rings (SSSR count). The summed E-state index contributed by atoms with van der Waals surface area (Å²) in [5.41, 5.74) is 0.0817. The highest BCUT2D eigenvalue weighted by Crippen LogP contribution is 2.53. The quantitative estimate of drug-likeness (QED) is 0.586. The molecule has 3 aliphatic heterocycles. The number of fused-ring (bicyclic) bond motifs is 4. The lowest BCUT2D eigenvalue weighted by Gasteiger charge is -2.29. The number of halogens is 1. The average Bonchev–Trinajstić information content (AvgIpc) is 3.20. The van der Waals surface area contributed by atoms with E-state index in [1.165, 1.54) is 15.9 Å². The van der Waals surface area contributed by atoms with Crippen molar-refractivity contribution in [1.29, 1.82) is 0 Å². The lowest BCUT2D eigenvalue weighted by molar-refractivity contribution is -0.121. The predicted molar refractivity (Wildman–Crippen MR) is 88.1 cm³/mol. The molecule has 7 nitrogen and oxygen atoms in total. The molecule has 3 unspecified atom stereocenters. The molecule has 0 spiro atoms. The summed E-state index contributed by atoms with van der Waals surface area (Å²) in [4.78, 5) is 41.2. The normalized spacial score (nSPS) is 28.5. The molecule has 0 bridgehead atoms. The van der Waals surface area contributed by atoms with Crippen LogP contribution in [0, 0.1) is 30.0 Å². The Hall–Kier alpha value is -3.08. The van der Waals surface area contributed by atoms with Crippen LogP contribution in [0.25, 0.3) is 0 Å². The Bertz CT molecular complexity index is 924. The van der Waals surface area contributed by atoms with E-state index in [2.05, 4.69) is 5.92 Å². The Morgan fingerprint density at radius 3 is 2.81 bits per heavy atom. The molecule has 3 heterocycles. The van der Waals surface area contributed by atoms with Gasteiger partial charge in [-0.25, -0.2) is 14.1 Å². The van der Waals surface area contributed by atoms with Crippen LogP contribution in [0.4, 0.5) is 20.6 Å². The van der Waals surface area contributed by atoms with Crippen LogP contribution in [0.3, 0.4) is 0 Å². The molecule has 3 atom stereocenters. The number of amides is 4. The second kappa shape index (κ2) is 4.97. The number of ether oxygens (including phenoxy) is 1. The minimum atomic E-state index is -0.756. The fourth-order valence-electron chi connectivity index (χ4n) is 4.20. The molecule has 0 radical (unpaired) electrons. The number of hydrogen-bond acceptors (Lipinski definition) is 4. The minimum absolute atomic E-state index is 0.0132. The zero-order valence-corrected chi connectivity index (χ0v) is 13.6. The Kier molecular flexibility index (Phi) is 2.91. The zero-order chi connectivity index (χ0) is 18.2. The number of anilines is 2. The van der Waals surface area contributed by atoms with Crippen LogP contribution in [-0.2, 0) is 9.59 Å². The second-order valence-corrected chi connectivity index (χ2v) is 6.96. The van der Waals surface area contributed by atoms with Gasteiger partial charge >= 0.3 is 6.03 Å². The molecular formula is C18H14FN3O4. The van der Waals surface area contributed by atoms with Crippen molar-refractivity contribution in [3.05, 3.63) is 17.9 Å². The minimum Gasteiger partial charge on any atom is -0.481 e. The number of imide groups is 1. The maximum atomic E-state index is 14.7. The van der Waals surface area contributed by atoms with E-state index in [-0.39, 0.29) is 42.1 Å². The van der Waals surface area contributed by atoms with Crippen LogP contribution < -0.4 is 14.5 Å². The summed E-state index contributed by atoms with van der Waals surface area (Å²) in [6.45, 7) is 0.280. The van der Waals surface area contributed by atoms with Crippen LogP contribution in [0.15, 0.2) is 12.1 Å². The molecule has 8 heteroatoms. The van der Waals surface area contributed by atoms with Crippen molar-refractivity contribution >= 4 is 29.2 Å². The van der Waals surface area contributed by atoms with Gasteiger partial charge in [0.05, 0.1) is 17.9 Å². The fourth-order valence-corrected chi connectivity index (χ4v) is 4.20. The highest BCUT2D eigenvalue weighted by molar-refractivity contribution is 6.22. The van der Waals surface area contributed by atoms with Gasteiger partial charge in [0.15, 0.2) is 12.4 Å². The Morgan fingerprint density at radius 2 is 2.08 bits per heavy atom. The lowest BCUT2D eigenvalue weighted by atomic mass is 10.1. The molecule has 4 amide bonds. The van der Waals surface area contributed by atoms with Gasteiger partial charge in [-0.1, -0.05) is 5.92 Å². The lowest BCUT2D eigenvalue weighted by Crippen LogP contribution is -2.40. The first-order chi connectivity index (χ1) is 12.5. The summed E-state index contributed by atoms with van der Waals surface area (Å²) in [6.07, 6.45) is 6.24. The molecule has 26 heavy (non-hydrogen) atoms. The van der Waals surface area contributed by atoms with E-state index in [1.807, 2.05) is 0 Å². The summed E-state index contributed by atoms with van der Waals surface area (Å²) >= 11 is 0. The van der Waals surface area contributed by atoms with Crippen LogP contribution in [0.2, 0.25) is 0 Å². The fraction of sp³-hybridized carbons (Fsp3) is 0.389. The number of urea groups is 1. The number of nitrogens with zero attached hydrogens (tertiary/aromatic N) is 3. The van der Waals surface area contributed by atoms with Crippen LogP contribution >= 0.6 is 0 Å². The third kappa shape index (κ3) is 1.85. The van der Waals surface area contributed by atoms with Gasteiger partial charge in [0, 0.05) is 12.6 Å². The SMILES string of the molecule is C#CCN1C(=O)COc2cc(F)c(N3C(=O)C4C5CC5CN4C3=O)cc21. The molecule has 0 aromatic heterocycles. The van der Waals surface area contributed by atoms with E-state index in [4.69, 9.17) is 11.2 Å². The highest BCUT2D eigenvalue weighted by Gasteiger charge is 2.63. The van der Waals surface area contributed by atoms with Crippen molar-refractivity contribution in [2.24, 2.45) is 11.8 Å². The van der Waals surface area contributed by atoms with Gasteiger partial charge in [0.2, 0.25) is 0 Å². The highest BCUT2D eigenvalue weighted by atomic mass is 19.1. The number of piperidine rings is 1. The van der Waals surface area contributed by atoms with Gasteiger partial charge < -0.3 is 9.64 Å². The molecule has 1 aromatic rings. The van der Waals surface area contributed by atoms with E-state index in [0.29, 0.717) is 12.5 Å². The second-order valence-electron chi connectivity index (χ2n) is 6.96. The zero-order valence-electron chi connectivity index (χ0n) is 13.6.